The molecule has 0 amide bonds. The van der Waals surface area contributed by atoms with Crippen molar-refractivity contribution in [1.29, 1.82) is 0 Å². The molecule has 2 rings (SSSR count). The molecule has 19 heavy (non-hydrogen) atoms. The quantitative estimate of drug-likeness (QED) is 0.912. The maximum absolute atomic E-state index is 4.50. The molecule has 102 valence electrons. The molecule has 0 radical (unpaired) electrons. The second kappa shape index (κ2) is 5.57. The van der Waals surface area contributed by atoms with E-state index in [0.717, 1.165) is 18.8 Å². The largest absolute Gasteiger partial charge is 0.313 e. The van der Waals surface area contributed by atoms with E-state index in [9.17, 15) is 0 Å². The molecule has 0 fully saturated rings. The summed E-state index contributed by atoms with van der Waals surface area (Å²) in [4.78, 5) is 0. The van der Waals surface area contributed by atoms with Crippen LogP contribution in [0.25, 0.3) is 11.1 Å². The number of hydrogen-bond donors (Lipinski definition) is 1. The summed E-state index contributed by atoms with van der Waals surface area (Å²) in [6.45, 7) is 10.4. The third-order valence-electron chi connectivity index (χ3n) is 3.65. The summed E-state index contributed by atoms with van der Waals surface area (Å²) in [5, 5.41) is 7.87. The summed E-state index contributed by atoms with van der Waals surface area (Å²) >= 11 is 0. The average molecular weight is 257 g/mol. The topological polar surface area (TPSA) is 29.9 Å². The Morgan fingerprint density at radius 1 is 1.21 bits per heavy atom. The molecule has 0 saturated carbocycles. The summed E-state index contributed by atoms with van der Waals surface area (Å²) in [5.41, 5.74) is 7.54. The van der Waals surface area contributed by atoms with Gasteiger partial charge in [0, 0.05) is 24.8 Å². The van der Waals surface area contributed by atoms with Gasteiger partial charge in [0.1, 0.15) is 0 Å². The van der Waals surface area contributed by atoms with E-state index < -0.39 is 0 Å². The van der Waals surface area contributed by atoms with E-state index in [-0.39, 0.29) is 0 Å². The van der Waals surface area contributed by atoms with Crippen LogP contribution in [0.3, 0.4) is 0 Å². The van der Waals surface area contributed by atoms with Crippen LogP contribution in [0.5, 0.6) is 0 Å². The highest BCUT2D eigenvalue weighted by molar-refractivity contribution is 5.71. The highest BCUT2D eigenvalue weighted by atomic mass is 15.3. The molecule has 3 nitrogen and oxygen atoms in total. The van der Waals surface area contributed by atoms with Gasteiger partial charge < -0.3 is 5.32 Å². The summed E-state index contributed by atoms with van der Waals surface area (Å²) in [6.07, 6.45) is 0. The normalized spacial score (nSPS) is 11.0. The first-order chi connectivity index (χ1) is 9.04. The maximum atomic E-state index is 4.50. The van der Waals surface area contributed by atoms with E-state index in [0.29, 0.717) is 0 Å². The van der Waals surface area contributed by atoms with Crippen LogP contribution in [0.2, 0.25) is 0 Å². The van der Waals surface area contributed by atoms with Crippen molar-refractivity contribution >= 4 is 0 Å². The number of benzene rings is 1. The molecule has 1 aromatic carbocycles. The molecule has 0 aliphatic carbocycles. The van der Waals surface area contributed by atoms with Crippen LogP contribution in [0.4, 0.5) is 0 Å². The Morgan fingerprint density at radius 2 is 1.95 bits per heavy atom. The van der Waals surface area contributed by atoms with Gasteiger partial charge in [0.2, 0.25) is 0 Å². The first kappa shape index (κ1) is 13.8. The van der Waals surface area contributed by atoms with Gasteiger partial charge in [-0.25, -0.2) is 0 Å². The molecule has 0 aliphatic heterocycles. The third kappa shape index (κ3) is 2.71. The van der Waals surface area contributed by atoms with Crippen molar-refractivity contribution in [3.05, 3.63) is 40.7 Å². The van der Waals surface area contributed by atoms with Gasteiger partial charge in [-0.3, -0.25) is 4.68 Å². The van der Waals surface area contributed by atoms with Crippen molar-refractivity contribution in [2.24, 2.45) is 7.05 Å². The standard InChI is InChI=1S/C16H23N3/c1-6-17-10-14-7-8-15(11(2)9-14)16-12(3)18-19(5)13(16)4/h7-9,17H,6,10H2,1-5H3. The lowest BCUT2D eigenvalue weighted by atomic mass is 9.97. The van der Waals surface area contributed by atoms with E-state index in [1.165, 1.54) is 27.9 Å². The van der Waals surface area contributed by atoms with E-state index >= 15 is 0 Å². The van der Waals surface area contributed by atoms with Gasteiger partial charge in [0.05, 0.1) is 5.69 Å². The number of aryl methyl sites for hydroxylation is 3. The van der Waals surface area contributed by atoms with Crippen molar-refractivity contribution in [3.63, 3.8) is 0 Å². The van der Waals surface area contributed by atoms with E-state index in [1.807, 2.05) is 11.7 Å². The van der Waals surface area contributed by atoms with Crippen molar-refractivity contribution in [2.45, 2.75) is 34.2 Å². The van der Waals surface area contributed by atoms with Gasteiger partial charge in [0.25, 0.3) is 0 Å². The van der Waals surface area contributed by atoms with Crippen LogP contribution in [0.1, 0.15) is 29.4 Å². The van der Waals surface area contributed by atoms with Crippen LogP contribution >= 0.6 is 0 Å². The summed E-state index contributed by atoms with van der Waals surface area (Å²) in [6, 6.07) is 6.69. The van der Waals surface area contributed by atoms with E-state index in [4.69, 9.17) is 0 Å². The Balaban J connectivity index is 2.40. The molecular formula is C16H23N3. The SMILES string of the molecule is CCNCc1ccc(-c2c(C)nn(C)c2C)c(C)c1. The van der Waals surface area contributed by atoms with Crippen molar-refractivity contribution in [1.82, 2.24) is 15.1 Å². The zero-order valence-corrected chi connectivity index (χ0v) is 12.5. The average Bonchev–Trinajstić information content (AvgIpc) is 2.62. The van der Waals surface area contributed by atoms with Crippen molar-refractivity contribution in [2.75, 3.05) is 6.54 Å². The molecule has 1 N–H and O–H groups in total. The molecule has 0 spiro atoms. The van der Waals surface area contributed by atoms with E-state index in [1.54, 1.807) is 0 Å². The van der Waals surface area contributed by atoms with Gasteiger partial charge in [-0.05, 0) is 44.0 Å². The first-order valence-corrected chi connectivity index (χ1v) is 6.85. The lowest BCUT2D eigenvalue weighted by molar-refractivity contribution is 0.726. The van der Waals surface area contributed by atoms with Crippen LogP contribution in [0.15, 0.2) is 18.2 Å². The maximum Gasteiger partial charge on any atom is 0.0674 e. The molecule has 2 aromatic rings. The lowest BCUT2D eigenvalue weighted by Gasteiger charge is -2.10. The summed E-state index contributed by atoms with van der Waals surface area (Å²) in [5.74, 6) is 0. The fourth-order valence-corrected chi connectivity index (χ4v) is 2.55. The molecule has 0 bridgehead atoms. The monoisotopic (exact) mass is 257 g/mol. The highest BCUT2D eigenvalue weighted by Crippen LogP contribution is 2.29. The minimum atomic E-state index is 0.933. The number of nitrogens with one attached hydrogen (secondary N) is 1. The minimum absolute atomic E-state index is 0.933. The number of rotatable bonds is 4. The van der Waals surface area contributed by atoms with Gasteiger partial charge >= 0.3 is 0 Å². The van der Waals surface area contributed by atoms with Crippen LogP contribution in [0, 0.1) is 20.8 Å². The molecule has 1 heterocycles. The molecule has 0 saturated heterocycles. The smallest absolute Gasteiger partial charge is 0.0674 e. The lowest BCUT2D eigenvalue weighted by Crippen LogP contribution is -2.11. The molecule has 0 atom stereocenters. The summed E-state index contributed by atoms with van der Waals surface area (Å²) < 4.78 is 1.96. The number of aromatic nitrogens is 2. The third-order valence-corrected chi connectivity index (χ3v) is 3.65. The van der Waals surface area contributed by atoms with Crippen LogP contribution in [-0.2, 0) is 13.6 Å². The molecular weight excluding hydrogens is 234 g/mol. The minimum Gasteiger partial charge on any atom is -0.313 e. The predicted molar refractivity (Wildman–Crippen MR) is 80.2 cm³/mol. The fraction of sp³-hybridized carbons (Fsp3) is 0.438. The highest BCUT2D eigenvalue weighted by Gasteiger charge is 2.13. The zero-order chi connectivity index (χ0) is 14.0. The molecule has 3 heteroatoms. The molecule has 0 aliphatic rings. The Hall–Kier alpha value is -1.61. The first-order valence-electron chi connectivity index (χ1n) is 6.85. The fourth-order valence-electron chi connectivity index (χ4n) is 2.55. The van der Waals surface area contributed by atoms with Crippen molar-refractivity contribution in [3.8, 4) is 11.1 Å². The van der Waals surface area contributed by atoms with Gasteiger partial charge in [0.15, 0.2) is 0 Å². The molecule has 1 aromatic heterocycles. The Labute approximate surface area is 115 Å². The number of hydrogen-bond acceptors (Lipinski definition) is 2. The summed E-state index contributed by atoms with van der Waals surface area (Å²) in [7, 11) is 2.00. The predicted octanol–water partition coefficient (Wildman–Crippen LogP) is 3.12. The van der Waals surface area contributed by atoms with Gasteiger partial charge in [-0.1, -0.05) is 25.1 Å². The molecule has 0 unspecified atom stereocenters. The Morgan fingerprint density at radius 3 is 2.47 bits per heavy atom. The second-order valence-electron chi connectivity index (χ2n) is 5.10. The Kier molecular flexibility index (Phi) is 4.05. The van der Waals surface area contributed by atoms with Crippen LogP contribution in [-0.4, -0.2) is 16.3 Å². The van der Waals surface area contributed by atoms with Gasteiger partial charge in [-0.2, -0.15) is 5.10 Å². The zero-order valence-electron chi connectivity index (χ0n) is 12.5. The Bertz CT molecular complexity index is 582. The van der Waals surface area contributed by atoms with E-state index in [2.05, 4.69) is 56.3 Å². The van der Waals surface area contributed by atoms with Crippen LogP contribution < -0.4 is 5.32 Å². The van der Waals surface area contributed by atoms with Gasteiger partial charge in [-0.15, -0.1) is 0 Å². The second-order valence-corrected chi connectivity index (χ2v) is 5.10. The van der Waals surface area contributed by atoms with Crippen molar-refractivity contribution < 1.29 is 0 Å². The number of nitrogens with zero attached hydrogens (tertiary/aromatic N) is 2.